The maximum Gasteiger partial charge on any atom is 0.270 e. The predicted octanol–water partition coefficient (Wildman–Crippen LogP) is 4.09. The molecule has 0 unspecified atom stereocenters. The molecule has 0 atom stereocenters. The van der Waals surface area contributed by atoms with E-state index in [0.29, 0.717) is 16.5 Å². The van der Waals surface area contributed by atoms with Gasteiger partial charge in [-0.2, -0.15) is 5.10 Å². The molecule has 0 fully saturated rings. The lowest BCUT2D eigenvalue weighted by Gasteiger charge is -2.10. The summed E-state index contributed by atoms with van der Waals surface area (Å²) in [5.74, 6) is 0.883. The van der Waals surface area contributed by atoms with Gasteiger partial charge in [-0.3, -0.25) is 19.5 Å². The number of thioether (sulfide) groups is 1. The fraction of sp³-hybridized carbons (Fsp3) is 0.0833. The molecular weight excluding hydrogens is 468 g/mol. The second kappa shape index (κ2) is 11.1. The van der Waals surface area contributed by atoms with Crippen molar-refractivity contribution in [2.75, 3.05) is 12.9 Å². The lowest BCUT2D eigenvalue weighted by Crippen LogP contribution is -2.20. The zero-order valence-corrected chi connectivity index (χ0v) is 19.4. The van der Waals surface area contributed by atoms with Crippen LogP contribution in [0.5, 0.6) is 5.75 Å². The maximum atomic E-state index is 12.4. The molecule has 0 radical (unpaired) electrons. The Morgan fingerprint density at radius 1 is 1.11 bits per heavy atom. The van der Waals surface area contributed by atoms with E-state index in [-0.39, 0.29) is 17.3 Å². The number of methoxy groups -OCH3 is 1. The van der Waals surface area contributed by atoms with Gasteiger partial charge in [0, 0.05) is 23.4 Å². The predicted molar refractivity (Wildman–Crippen MR) is 133 cm³/mol. The first-order valence-electron chi connectivity index (χ1n) is 10.4. The van der Waals surface area contributed by atoms with Crippen LogP contribution in [-0.4, -0.2) is 44.7 Å². The molecule has 4 rings (SSSR count). The molecule has 0 aliphatic heterocycles. The third-order valence-corrected chi connectivity index (χ3v) is 5.74. The van der Waals surface area contributed by atoms with Crippen molar-refractivity contribution < 1.29 is 14.5 Å². The van der Waals surface area contributed by atoms with E-state index >= 15 is 0 Å². The summed E-state index contributed by atoms with van der Waals surface area (Å²) in [7, 11) is 1.59. The molecule has 0 bridgehead atoms. The van der Waals surface area contributed by atoms with Crippen LogP contribution in [0.25, 0.3) is 17.1 Å². The first kappa shape index (κ1) is 23.6. The van der Waals surface area contributed by atoms with E-state index in [4.69, 9.17) is 4.74 Å². The molecule has 1 amide bonds. The van der Waals surface area contributed by atoms with Crippen molar-refractivity contribution in [2.24, 2.45) is 5.10 Å². The van der Waals surface area contributed by atoms with Crippen molar-refractivity contribution in [3.8, 4) is 22.8 Å². The molecule has 176 valence electrons. The first-order chi connectivity index (χ1) is 17.0. The number of carbonyl (C=O) groups is 1. The van der Waals surface area contributed by atoms with E-state index < -0.39 is 4.92 Å². The Bertz CT molecular complexity index is 1360. The highest BCUT2D eigenvalue weighted by atomic mass is 32.2. The number of amides is 1. The largest absolute Gasteiger partial charge is 0.497 e. The molecule has 0 aliphatic carbocycles. The molecule has 35 heavy (non-hydrogen) atoms. The standard InChI is InChI=1S/C24H20N6O4S/c1-34-21-12-10-17(11-13-21)15-25-26-22(31)16-35-24-28-27-23(29(24)19-7-3-2-4-8-19)18-6-5-9-20(14-18)30(32)33/h2-15H,16H2,1H3,(H,26,31)/b25-15-. The summed E-state index contributed by atoms with van der Waals surface area (Å²) < 4.78 is 6.88. The number of ether oxygens (including phenoxy) is 1. The molecule has 4 aromatic rings. The molecule has 0 spiro atoms. The lowest BCUT2D eigenvalue weighted by atomic mass is 10.2. The number of nitro groups is 1. The number of nitrogens with zero attached hydrogens (tertiary/aromatic N) is 5. The molecule has 0 saturated heterocycles. The van der Waals surface area contributed by atoms with E-state index in [1.807, 2.05) is 42.5 Å². The van der Waals surface area contributed by atoms with Crippen LogP contribution in [0.2, 0.25) is 0 Å². The van der Waals surface area contributed by atoms with Crippen molar-refractivity contribution in [1.29, 1.82) is 0 Å². The number of non-ortho nitro benzene ring substituents is 1. The summed E-state index contributed by atoms with van der Waals surface area (Å²) in [4.78, 5) is 23.1. The van der Waals surface area contributed by atoms with Crippen molar-refractivity contribution in [2.45, 2.75) is 5.16 Å². The number of hydrogen-bond acceptors (Lipinski definition) is 8. The molecule has 11 heteroatoms. The van der Waals surface area contributed by atoms with Crippen LogP contribution < -0.4 is 10.2 Å². The van der Waals surface area contributed by atoms with Gasteiger partial charge in [0.15, 0.2) is 11.0 Å². The summed E-state index contributed by atoms with van der Waals surface area (Å²) in [6.45, 7) is 0. The van der Waals surface area contributed by atoms with Crippen LogP contribution in [0, 0.1) is 10.1 Å². The highest BCUT2D eigenvalue weighted by Crippen LogP contribution is 2.29. The molecule has 0 aliphatic rings. The average molecular weight is 489 g/mol. The number of rotatable bonds is 9. The maximum absolute atomic E-state index is 12.4. The van der Waals surface area contributed by atoms with Crippen LogP contribution >= 0.6 is 11.8 Å². The van der Waals surface area contributed by atoms with Gasteiger partial charge in [-0.1, -0.05) is 42.1 Å². The molecule has 1 aromatic heterocycles. The smallest absolute Gasteiger partial charge is 0.270 e. The zero-order valence-electron chi connectivity index (χ0n) is 18.6. The van der Waals surface area contributed by atoms with Crippen molar-refractivity contribution in [3.63, 3.8) is 0 Å². The number of benzene rings is 3. The second-order valence-electron chi connectivity index (χ2n) is 7.14. The van der Waals surface area contributed by atoms with Crippen LogP contribution in [0.1, 0.15) is 5.56 Å². The molecule has 0 saturated carbocycles. The van der Waals surface area contributed by atoms with Gasteiger partial charge in [-0.25, -0.2) is 5.43 Å². The van der Waals surface area contributed by atoms with Crippen LogP contribution in [0.4, 0.5) is 5.69 Å². The van der Waals surface area contributed by atoms with Gasteiger partial charge in [0.1, 0.15) is 5.75 Å². The Morgan fingerprint density at radius 3 is 2.60 bits per heavy atom. The van der Waals surface area contributed by atoms with Gasteiger partial charge in [0.2, 0.25) is 0 Å². The van der Waals surface area contributed by atoms with Crippen molar-refractivity contribution in [1.82, 2.24) is 20.2 Å². The Morgan fingerprint density at radius 2 is 1.89 bits per heavy atom. The number of nitrogens with one attached hydrogen (secondary N) is 1. The third kappa shape index (κ3) is 5.89. The molecular formula is C24H20N6O4S. The third-order valence-electron chi connectivity index (χ3n) is 4.81. The fourth-order valence-corrected chi connectivity index (χ4v) is 3.89. The topological polar surface area (TPSA) is 125 Å². The summed E-state index contributed by atoms with van der Waals surface area (Å²) >= 11 is 1.18. The number of aromatic nitrogens is 3. The highest BCUT2D eigenvalue weighted by Gasteiger charge is 2.19. The highest BCUT2D eigenvalue weighted by molar-refractivity contribution is 7.99. The van der Waals surface area contributed by atoms with Gasteiger partial charge in [-0.15, -0.1) is 10.2 Å². The Labute approximate surface area is 204 Å². The van der Waals surface area contributed by atoms with Gasteiger partial charge < -0.3 is 4.74 Å². The van der Waals surface area contributed by atoms with E-state index in [0.717, 1.165) is 17.0 Å². The summed E-state index contributed by atoms with van der Waals surface area (Å²) in [5.41, 5.74) is 4.56. The average Bonchev–Trinajstić information content (AvgIpc) is 3.32. The number of hydrazone groups is 1. The van der Waals surface area contributed by atoms with Gasteiger partial charge in [-0.05, 0) is 42.0 Å². The molecule has 10 nitrogen and oxygen atoms in total. The monoisotopic (exact) mass is 488 g/mol. The van der Waals surface area contributed by atoms with Gasteiger partial charge >= 0.3 is 0 Å². The summed E-state index contributed by atoms with van der Waals surface area (Å²) in [6.07, 6.45) is 1.54. The number of nitro benzene ring substituents is 1. The fourth-order valence-electron chi connectivity index (χ4n) is 3.15. The SMILES string of the molecule is COc1ccc(/C=N\NC(=O)CSc2nnc(-c3cccc([N+](=O)[O-])c3)n2-c2ccccc2)cc1. The quantitative estimate of drug-likeness (QED) is 0.163. The van der Waals surface area contributed by atoms with Crippen LogP contribution in [-0.2, 0) is 4.79 Å². The minimum Gasteiger partial charge on any atom is -0.497 e. The second-order valence-corrected chi connectivity index (χ2v) is 8.08. The molecule has 1 N–H and O–H groups in total. The summed E-state index contributed by atoms with van der Waals surface area (Å²) in [6, 6.07) is 22.8. The number of carbonyl (C=O) groups excluding carboxylic acids is 1. The minimum atomic E-state index is -0.459. The summed E-state index contributed by atoms with van der Waals surface area (Å²) in [5, 5.41) is 24.2. The zero-order chi connectivity index (χ0) is 24.6. The van der Waals surface area contributed by atoms with E-state index in [1.165, 1.54) is 30.1 Å². The molecule has 1 heterocycles. The number of para-hydroxylation sites is 1. The van der Waals surface area contributed by atoms with Crippen LogP contribution in [0.3, 0.4) is 0 Å². The van der Waals surface area contributed by atoms with E-state index in [2.05, 4.69) is 20.7 Å². The Kier molecular flexibility index (Phi) is 7.48. The van der Waals surface area contributed by atoms with Crippen molar-refractivity contribution >= 4 is 29.6 Å². The van der Waals surface area contributed by atoms with Crippen molar-refractivity contribution in [3.05, 3.63) is 94.5 Å². The minimum absolute atomic E-state index is 0.0415. The first-order valence-corrected chi connectivity index (χ1v) is 11.4. The normalized spacial score (nSPS) is 10.9. The van der Waals surface area contributed by atoms with E-state index in [1.54, 1.807) is 35.9 Å². The van der Waals surface area contributed by atoms with Crippen LogP contribution in [0.15, 0.2) is 89.1 Å². The number of hydrogen-bond donors (Lipinski definition) is 1. The Balaban J connectivity index is 1.50. The lowest BCUT2D eigenvalue weighted by molar-refractivity contribution is -0.384. The van der Waals surface area contributed by atoms with Gasteiger partial charge in [0.05, 0.1) is 24.0 Å². The van der Waals surface area contributed by atoms with E-state index in [9.17, 15) is 14.9 Å². The Hall–Kier alpha value is -4.51. The van der Waals surface area contributed by atoms with Gasteiger partial charge in [0.25, 0.3) is 11.6 Å². The molecule has 3 aromatic carbocycles.